The van der Waals surface area contributed by atoms with Crippen LogP contribution in [0.3, 0.4) is 0 Å². The molecule has 0 atom stereocenters. The molecule has 0 radical (unpaired) electrons. The van der Waals surface area contributed by atoms with Gasteiger partial charge in [0.25, 0.3) is 0 Å². The number of nitrogens with two attached hydrogens (primary N) is 1. The first-order valence-electron chi connectivity index (χ1n) is 11.0. The van der Waals surface area contributed by atoms with Crippen LogP contribution in [0.25, 0.3) is 0 Å². The highest BCUT2D eigenvalue weighted by molar-refractivity contribution is 6.13. The van der Waals surface area contributed by atoms with Gasteiger partial charge in [0.2, 0.25) is 5.95 Å². The van der Waals surface area contributed by atoms with Crippen molar-refractivity contribution >= 4 is 17.5 Å². The van der Waals surface area contributed by atoms with Gasteiger partial charge in [0, 0.05) is 30.9 Å². The van der Waals surface area contributed by atoms with Crippen LogP contribution in [-0.4, -0.2) is 28.3 Å². The lowest BCUT2D eigenvalue weighted by atomic mass is 9.86. The second-order valence-corrected chi connectivity index (χ2v) is 8.20. The summed E-state index contributed by atoms with van der Waals surface area (Å²) in [5.74, 6) is 1.84. The highest BCUT2D eigenvalue weighted by Crippen LogP contribution is 2.25. The molecule has 5 N–H and O–H groups in total. The average molecular weight is 415 g/mol. The summed E-state index contributed by atoms with van der Waals surface area (Å²) in [6.07, 6.45) is 6.15. The molecule has 0 saturated heterocycles. The molecule has 1 fully saturated rings. The van der Waals surface area contributed by atoms with E-state index in [-0.39, 0.29) is 0 Å². The zero-order valence-electron chi connectivity index (χ0n) is 17.7. The number of benzene rings is 2. The van der Waals surface area contributed by atoms with Crippen LogP contribution >= 0.6 is 0 Å². The lowest BCUT2D eigenvalue weighted by Gasteiger charge is -2.26. The van der Waals surface area contributed by atoms with E-state index in [1.807, 2.05) is 48.5 Å². The molecule has 0 bridgehead atoms. The molecule has 1 heterocycles. The Morgan fingerprint density at radius 1 is 0.935 bits per heavy atom. The standard InChI is InChI=1S/C25H30N6/c26-21-13-11-19(12-14-21)15-28-24-22(23(27)20-9-5-2-6-10-20)17-30-25(31-24)29-16-18-7-3-1-4-8-18/h1-10,17,19,21,27H,11-16,26H2,(H2,28,29,30,31). The Labute approximate surface area is 183 Å². The van der Waals surface area contributed by atoms with Gasteiger partial charge in [-0.1, -0.05) is 60.7 Å². The first-order valence-corrected chi connectivity index (χ1v) is 11.0. The van der Waals surface area contributed by atoms with Crippen molar-refractivity contribution in [2.45, 2.75) is 38.3 Å². The van der Waals surface area contributed by atoms with Crippen molar-refractivity contribution in [2.75, 3.05) is 17.2 Å². The third-order valence-corrected chi connectivity index (χ3v) is 5.86. The molecule has 31 heavy (non-hydrogen) atoms. The predicted octanol–water partition coefficient (Wildman–Crippen LogP) is 4.43. The van der Waals surface area contributed by atoms with Crippen molar-refractivity contribution in [3.05, 3.63) is 83.6 Å². The van der Waals surface area contributed by atoms with Gasteiger partial charge in [-0.05, 0) is 37.2 Å². The van der Waals surface area contributed by atoms with E-state index in [9.17, 15) is 0 Å². The van der Waals surface area contributed by atoms with E-state index in [4.69, 9.17) is 16.1 Å². The van der Waals surface area contributed by atoms with Crippen molar-refractivity contribution < 1.29 is 0 Å². The van der Waals surface area contributed by atoms with Crippen LogP contribution in [0.4, 0.5) is 11.8 Å². The van der Waals surface area contributed by atoms with E-state index < -0.39 is 0 Å². The lowest BCUT2D eigenvalue weighted by molar-refractivity contribution is 0.338. The summed E-state index contributed by atoms with van der Waals surface area (Å²) in [6.45, 7) is 1.48. The molecule has 160 valence electrons. The summed E-state index contributed by atoms with van der Waals surface area (Å²) in [4.78, 5) is 9.22. The summed E-state index contributed by atoms with van der Waals surface area (Å²) in [6, 6.07) is 20.2. The minimum Gasteiger partial charge on any atom is -0.369 e. The quantitative estimate of drug-likeness (QED) is 0.409. The number of anilines is 2. The van der Waals surface area contributed by atoms with E-state index in [1.165, 1.54) is 5.56 Å². The Balaban J connectivity index is 1.52. The summed E-state index contributed by atoms with van der Waals surface area (Å²) in [7, 11) is 0. The van der Waals surface area contributed by atoms with Gasteiger partial charge in [-0.3, -0.25) is 5.41 Å². The van der Waals surface area contributed by atoms with E-state index in [2.05, 4.69) is 27.8 Å². The fraction of sp³-hybridized carbons (Fsp3) is 0.320. The van der Waals surface area contributed by atoms with Crippen LogP contribution < -0.4 is 16.4 Å². The first kappa shape index (κ1) is 21.0. The highest BCUT2D eigenvalue weighted by atomic mass is 15.1. The molecule has 1 saturated carbocycles. The van der Waals surface area contributed by atoms with E-state index in [0.29, 0.717) is 41.5 Å². The number of nitrogens with zero attached hydrogens (tertiary/aromatic N) is 2. The zero-order chi connectivity index (χ0) is 21.5. The maximum Gasteiger partial charge on any atom is 0.224 e. The SMILES string of the molecule is N=C(c1ccccc1)c1cnc(NCc2ccccc2)nc1NCC1CCC(N)CC1. The molecule has 1 aliphatic rings. The van der Waals surface area contributed by atoms with Gasteiger partial charge in [0.05, 0.1) is 11.3 Å². The van der Waals surface area contributed by atoms with E-state index in [1.54, 1.807) is 6.20 Å². The number of rotatable bonds is 8. The van der Waals surface area contributed by atoms with Crippen molar-refractivity contribution in [3.8, 4) is 0 Å². The summed E-state index contributed by atoms with van der Waals surface area (Å²) in [5.41, 5.74) is 9.20. The molecule has 1 aromatic heterocycles. The first-order chi connectivity index (χ1) is 15.2. The van der Waals surface area contributed by atoms with Crippen LogP contribution in [0.15, 0.2) is 66.9 Å². The van der Waals surface area contributed by atoms with Gasteiger partial charge in [-0.15, -0.1) is 0 Å². The molecule has 6 nitrogen and oxygen atoms in total. The average Bonchev–Trinajstić information content (AvgIpc) is 2.83. The van der Waals surface area contributed by atoms with Gasteiger partial charge >= 0.3 is 0 Å². The van der Waals surface area contributed by atoms with Crippen LogP contribution in [0.5, 0.6) is 0 Å². The van der Waals surface area contributed by atoms with Gasteiger partial charge in [-0.2, -0.15) is 4.98 Å². The highest BCUT2D eigenvalue weighted by Gasteiger charge is 2.20. The molecule has 6 heteroatoms. The molecule has 3 aromatic rings. The minimum atomic E-state index is 0.339. The van der Waals surface area contributed by atoms with Crippen molar-refractivity contribution in [1.29, 1.82) is 5.41 Å². The van der Waals surface area contributed by atoms with Crippen LogP contribution in [0, 0.1) is 11.3 Å². The Morgan fingerprint density at radius 2 is 1.61 bits per heavy atom. The van der Waals surface area contributed by atoms with Crippen molar-refractivity contribution in [1.82, 2.24) is 9.97 Å². The normalized spacial score (nSPS) is 18.4. The molecule has 0 unspecified atom stereocenters. The Morgan fingerprint density at radius 3 is 2.32 bits per heavy atom. The molecule has 1 aliphatic carbocycles. The maximum atomic E-state index is 8.71. The predicted molar refractivity (Wildman–Crippen MR) is 127 cm³/mol. The Kier molecular flexibility index (Phi) is 6.89. The second kappa shape index (κ2) is 10.2. The fourth-order valence-corrected chi connectivity index (χ4v) is 3.96. The smallest absolute Gasteiger partial charge is 0.224 e. The molecular formula is C25H30N6. The summed E-state index contributed by atoms with van der Waals surface area (Å²) >= 11 is 0. The Hall–Kier alpha value is -3.25. The topological polar surface area (TPSA) is 99.7 Å². The van der Waals surface area contributed by atoms with Crippen molar-refractivity contribution in [3.63, 3.8) is 0 Å². The molecule has 0 spiro atoms. The number of aromatic nitrogens is 2. The van der Waals surface area contributed by atoms with E-state index >= 15 is 0 Å². The Bertz CT molecular complexity index is 981. The molecule has 4 rings (SSSR count). The third kappa shape index (κ3) is 5.67. The van der Waals surface area contributed by atoms with Gasteiger partial charge < -0.3 is 16.4 Å². The molecule has 0 amide bonds. The molecule has 2 aromatic carbocycles. The van der Waals surface area contributed by atoms with Gasteiger partial charge in [0.1, 0.15) is 5.82 Å². The van der Waals surface area contributed by atoms with Crippen LogP contribution in [-0.2, 0) is 6.54 Å². The molecular weight excluding hydrogens is 384 g/mol. The number of hydrogen-bond donors (Lipinski definition) is 4. The summed E-state index contributed by atoms with van der Waals surface area (Å²) < 4.78 is 0. The molecule has 0 aliphatic heterocycles. The summed E-state index contributed by atoms with van der Waals surface area (Å²) in [5, 5.41) is 15.5. The minimum absolute atomic E-state index is 0.339. The second-order valence-electron chi connectivity index (χ2n) is 8.20. The zero-order valence-corrected chi connectivity index (χ0v) is 17.7. The third-order valence-electron chi connectivity index (χ3n) is 5.86. The van der Waals surface area contributed by atoms with Crippen LogP contribution in [0.1, 0.15) is 42.4 Å². The largest absolute Gasteiger partial charge is 0.369 e. The number of hydrogen-bond acceptors (Lipinski definition) is 6. The number of nitrogens with one attached hydrogen (secondary N) is 3. The lowest BCUT2D eigenvalue weighted by Crippen LogP contribution is -2.29. The monoisotopic (exact) mass is 414 g/mol. The fourth-order valence-electron chi connectivity index (χ4n) is 3.96. The van der Waals surface area contributed by atoms with E-state index in [0.717, 1.165) is 37.8 Å². The van der Waals surface area contributed by atoms with Crippen molar-refractivity contribution in [2.24, 2.45) is 11.7 Å². The van der Waals surface area contributed by atoms with Gasteiger partial charge in [0.15, 0.2) is 0 Å². The van der Waals surface area contributed by atoms with Crippen LogP contribution in [0.2, 0.25) is 0 Å². The maximum absolute atomic E-state index is 8.71. The van der Waals surface area contributed by atoms with Gasteiger partial charge in [-0.25, -0.2) is 4.98 Å².